The molecule has 0 N–H and O–H groups in total. The van der Waals surface area contributed by atoms with E-state index in [4.69, 9.17) is 0 Å². The van der Waals surface area contributed by atoms with Crippen LogP contribution in [0.4, 0.5) is 0 Å². The second-order valence-electron chi connectivity index (χ2n) is 8.53. The summed E-state index contributed by atoms with van der Waals surface area (Å²) in [6.45, 7) is 9.73. The number of halogens is 3. The normalized spacial score (nSPS) is 19.1. The van der Waals surface area contributed by atoms with Gasteiger partial charge >= 0.3 is 21.7 Å². The van der Waals surface area contributed by atoms with Crippen LogP contribution in [0.5, 0.6) is 0 Å². The molecule has 0 amide bonds. The minimum Gasteiger partial charge on any atom is -1.00 e. The summed E-state index contributed by atoms with van der Waals surface area (Å²) in [6.07, 6.45) is 14.4. The van der Waals surface area contributed by atoms with Gasteiger partial charge in [0.15, 0.2) is 0 Å². The van der Waals surface area contributed by atoms with Crippen LogP contribution in [0, 0.1) is 11.5 Å². The Morgan fingerprint density at radius 1 is 0.926 bits per heavy atom. The van der Waals surface area contributed by atoms with Crippen LogP contribution < -0.4 is 42.4 Å². The fraction of sp³-hybridized carbons (Fsp3) is 0.545. The molecule has 148 valence electrons. The van der Waals surface area contributed by atoms with Gasteiger partial charge in [0.1, 0.15) is 0 Å². The Labute approximate surface area is 201 Å². The van der Waals surface area contributed by atoms with Crippen molar-refractivity contribution in [1.29, 1.82) is 0 Å². The van der Waals surface area contributed by atoms with E-state index in [0.717, 1.165) is 12.0 Å². The summed E-state index contributed by atoms with van der Waals surface area (Å²) >= 11 is 0. The third kappa shape index (κ3) is 6.24. The molecule has 2 aliphatic carbocycles. The topological polar surface area (TPSA) is 0 Å². The number of benzene rings is 1. The van der Waals surface area contributed by atoms with Crippen LogP contribution in [0.25, 0.3) is 0 Å². The van der Waals surface area contributed by atoms with Crippen molar-refractivity contribution in [3.63, 3.8) is 0 Å². The molecule has 0 aromatic heterocycles. The maximum Gasteiger partial charge on any atom is 4.00 e. The predicted octanol–water partition coefficient (Wildman–Crippen LogP) is -3.04. The van der Waals surface area contributed by atoms with Crippen molar-refractivity contribution in [2.75, 3.05) is 0 Å². The Morgan fingerprint density at radius 2 is 1.48 bits per heavy atom. The first-order valence-corrected chi connectivity index (χ1v) is 11.9. The summed E-state index contributed by atoms with van der Waals surface area (Å²) in [7, 11) is -1.73. The summed E-state index contributed by atoms with van der Waals surface area (Å²) in [5, 5.41) is 3.24. The third-order valence-electron chi connectivity index (χ3n) is 5.98. The van der Waals surface area contributed by atoms with Gasteiger partial charge in [0.2, 0.25) is 0 Å². The van der Waals surface area contributed by atoms with Gasteiger partial charge in [0.25, 0.3) is 0 Å². The van der Waals surface area contributed by atoms with Crippen molar-refractivity contribution in [2.24, 2.45) is 5.41 Å². The largest absolute Gasteiger partial charge is 4.00 e. The number of allylic oxidation sites excluding steroid dienone is 4. The second kappa shape index (κ2) is 12.3. The maximum atomic E-state index is 3.84. The first-order valence-electron chi connectivity index (χ1n) is 9.32. The molecule has 1 saturated carbocycles. The minimum atomic E-state index is -1.73. The third-order valence-corrected chi connectivity index (χ3v) is 11.2. The quantitative estimate of drug-likeness (QED) is 0.321. The van der Waals surface area contributed by atoms with E-state index < -0.39 is 8.07 Å². The molecular formula is C22H31Cl3SiTi. The van der Waals surface area contributed by atoms with E-state index in [9.17, 15) is 0 Å². The fourth-order valence-corrected chi connectivity index (χ4v) is 9.77. The van der Waals surface area contributed by atoms with E-state index in [1.807, 2.05) is 0 Å². The second-order valence-corrected chi connectivity index (χ2v) is 12.8. The molecule has 1 fully saturated rings. The maximum absolute atomic E-state index is 3.84. The zero-order valence-electron chi connectivity index (χ0n) is 16.9. The molecule has 1 aromatic carbocycles. The molecule has 1 aromatic rings. The molecule has 1 atom stereocenters. The summed E-state index contributed by atoms with van der Waals surface area (Å²) in [5.74, 6) is 0. The smallest absolute Gasteiger partial charge is 1.00 e. The van der Waals surface area contributed by atoms with Crippen LogP contribution in [0.1, 0.15) is 59.3 Å². The molecule has 3 rings (SSSR count). The molecule has 0 saturated heterocycles. The molecule has 1 unspecified atom stereocenters. The molecular weight excluding hydrogens is 447 g/mol. The predicted molar refractivity (Wildman–Crippen MR) is 103 cm³/mol. The summed E-state index contributed by atoms with van der Waals surface area (Å²) in [6, 6.07) is 11.4. The van der Waals surface area contributed by atoms with E-state index in [-0.39, 0.29) is 64.4 Å². The molecule has 27 heavy (non-hydrogen) atoms. The molecule has 0 aliphatic heterocycles. The van der Waals surface area contributed by atoms with Gasteiger partial charge in [0.05, 0.1) is 8.07 Å². The standard InChI is InChI=1S/C22H31Si.3ClH.Ti/c1-22(2,3)20-16-11-17-21(20)23(4,18-12-7-5-8-13-18)19-14-9-6-10-15-19;;;;/h5,7-8,12-13,16,19H,6,9-11,14-15H2,1-4H3;3*1H;/q-1;;;;+4/p-3. The average molecular weight is 478 g/mol. The van der Waals surface area contributed by atoms with Crippen molar-refractivity contribution < 1.29 is 58.9 Å². The Hall–Kier alpha value is 0.501. The average Bonchev–Trinajstić information content (AvgIpc) is 3.06. The van der Waals surface area contributed by atoms with Crippen molar-refractivity contribution in [3.05, 3.63) is 53.3 Å². The van der Waals surface area contributed by atoms with Crippen LogP contribution in [0.2, 0.25) is 12.1 Å². The van der Waals surface area contributed by atoms with Crippen molar-refractivity contribution in [1.82, 2.24) is 0 Å². The monoisotopic (exact) mass is 476 g/mol. The van der Waals surface area contributed by atoms with Crippen LogP contribution in [-0.2, 0) is 21.7 Å². The van der Waals surface area contributed by atoms with Gasteiger partial charge in [-0.1, -0.05) is 100 Å². The number of hydrogen-bond acceptors (Lipinski definition) is 0. The summed E-state index contributed by atoms with van der Waals surface area (Å²) in [4.78, 5) is 0. The van der Waals surface area contributed by atoms with Crippen molar-refractivity contribution in [2.45, 2.75) is 71.4 Å². The van der Waals surface area contributed by atoms with E-state index in [1.165, 1.54) is 32.1 Å². The molecule has 0 nitrogen and oxygen atoms in total. The van der Waals surface area contributed by atoms with Gasteiger partial charge in [-0.05, 0) is 5.54 Å². The van der Waals surface area contributed by atoms with Crippen LogP contribution >= 0.6 is 0 Å². The zero-order valence-corrected chi connectivity index (χ0v) is 21.7. The summed E-state index contributed by atoms with van der Waals surface area (Å²) < 4.78 is 0. The molecule has 5 heteroatoms. The van der Waals surface area contributed by atoms with Crippen LogP contribution in [-0.4, -0.2) is 8.07 Å². The van der Waals surface area contributed by atoms with Gasteiger partial charge in [0, 0.05) is 0 Å². The van der Waals surface area contributed by atoms with Gasteiger partial charge < -0.3 is 37.2 Å². The van der Waals surface area contributed by atoms with Gasteiger partial charge in [-0.25, -0.2) is 5.20 Å². The van der Waals surface area contributed by atoms with E-state index in [2.05, 4.69) is 69.8 Å². The summed E-state index contributed by atoms with van der Waals surface area (Å²) in [5.41, 5.74) is 2.70. The fourth-order valence-electron chi connectivity index (χ4n) is 4.65. The molecule has 0 radical (unpaired) electrons. The zero-order chi connectivity index (χ0) is 16.5. The van der Waals surface area contributed by atoms with E-state index in [1.54, 1.807) is 16.0 Å². The molecule has 0 heterocycles. The van der Waals surface area contributed by atoms with Crippen molar-refractivity contribution in [3.8, 4) is 0 Å². The molecule has 2 aliphatic rings. The first kappa shape index (κ1) is 29.7. The molecule has 0 spiro atoms. The molecule has 0 bridgehead atoms. The van der Waals surface area contributed by atoms with Gasteiger partial charge in [-0.15, -0.1) is 6.42 Å². The Kier molecular flexibility index (Phi) is 13.5. The van der Waals surface area contributed by atoms with Gasteiger partial charge in [-0.3, -0.25) is 6.08 Å². The number of hydrogen-bond donors (Lipinski definition) is 0. The Bertz CT molecular complexity index is 616. The SMILES string of the molecule is CC(C)(C)C1=CC[C-]=C1[Si](C)(c1ccccc1)C1CCCCC1.[Cl-].[Cl-].[Cl-].[Ti+4]. The Balaban J connectivity index is 0. The Morgan fingerprint density at radius 3 is 2.00 bits per heavy atom. The van der Waals surface area contributed by atoms with E-state index >= 15 is 0 Å². The minimum absolute atomic E-state index is 0. The first-order chi connectivity index (χ1) is 10.9. The van der Waals surface area contributed by atoms with E-state index in [0.29, 0.717) is 0 Å². The number of rotatable bonds is 3. The van der Waals surface area contributed by atoms with Crippen LogP contribution in [0.3, 0.4) is 0 Å². The van der Waals surface area contributed by atoms with Crippen molar-refractivity contribution >= 4 is 13.3 Å². The van der Waals surface area contributed by atoms with Gasteiger partial charge in [-0.2, -0.15) is 11.6 Å². The van der Waals surface area contributed by atoms with Crippen LogP contribution in [0.15, 0.2) is 47.2 Å².